The first-order valence-corrected chi connectivity index (χ1v) is 8.08. The van der Waals surface area contributed by atoms with Gasteiger partial charge in [0.1, 0.15) is 0 Å². The van der Waals surface area contributed by atoms with E-state index < -0.39 is 0 Å². The Labute approximate surface area is 138 Å². The molecule has 2 aromatic rings. The monoisotopic (exact) mass is 334 g/mol. The Morgan fingerprint density at radius 3 is 3.09 bits per heavy atom. The third-order valence-corrected chi connectivity index (χ3v) is 4.20. The summed E-state index contributed by atoms with van der Waals surface area (Å²) in [6.45, 7) is 2.78. The van der Waals surface area contributed by atoms with Gasteiger partial charge in [-0.05, 0) is 50.2 Å². The van der Waals surface area contributed by atoms with Gasteiger partial charge in [0.2, 0.25) is 0 Å². The van der Waals surface area contributed by atoms with Crippen LogP contribution in [-0.2, 0) is 9.53 Å². The van der Waals surface area contributed by atoms with Crippen LogP contribution in [0, 0.1) is 4.84 Å². The number of hydrogen-bond donors (Lipinski definition) is 1. The lowest BCUT2D eigenvalue weighted by molar-refractivity contribution is -0.144. The Morgan fingerprint density at radius 2 is 2.30 bits per heavy atom. The number of benzene rings is 1. The third-order valence-electron chi connectivity index (χ3n) is 4.01. The van der Waals surface area contributed by atoms with Crippen molar-refractivity contribution in [2.24, 2.45) is 0 Å². The van der Waals surface area contributed by atoms with Crippen LogP contribution < -0.4 is 0 Å². The van der Waals surface area contributed by atoms with E-state index in [1.54, 1.807) is 30.0 Å². The highest BCUT2D eigenvalue weighted by atomic mass is 32.1. The zero-order valence-electron chi connectivity index (χ0n) is 12.8. The maximum Gasteiger partial charge on any atom is 0.307 e. The molecule has 0 radical (unpaired) electrons. The molecule has 23 heavy (non-hydrogen) atoms. The van der Waals surface area contributed by atoms with Crippen LogP contribution in [0.25, 0.3) is 11.1 Å². The van der Waals surface area contributed by atoms with Crippen molar-refractivity contribution in [2.45, 2.75) is 32.2 Å². The van der Waals surface area contributed by atoms with Gasteiger partial charge in [-0.15, -0.1) is 0 Å². The van der Waals surface area contributed by atoms with Crippen LogP contribution in [0.4, 0.5) is 0 Å². The van der Waals surface area contributed by atoms with E-state index >= 15 is 0 Å². The van der Waals surface area contributed by atoms with Gasteiger partial charge in [-0.3, -0.25) is 9.59 Å². The highest BCUT2D eigenvalue weighted by Gasteiger charge is 2.31. The summed E-state index contributed by atoms with van der Waals surface area (Å²) in [5, 5.41) is 0. The molecular formula is C16H18N2O4S. The highest BCUT2D eigenvalue weighted by molar-refractivity contribution is 7.71. The Hall–Kier alpha value is -2.15. The molecule has 1 amide bonds. The minimum Gasteiger partial charge on any atom is -0.466 e. The number of oxazole rings is 1. The van der Waals surface area contributed by atoms with E-state index in [0.717, 1.165) is 18.4 Å². The fourth-order valence-corrected chi connectivity index (χ4v) is 3.17. The molecule has 0 bridgehead atoms. The molecule has 0 spiro atoms. The predicted octanol–water partition coefficient (Wildman–Crippen LogP) is 3.05. The van der Waals surface area contributed by atoms with Crippen molar-refractivity contribution in [3.63, 3.8) is 0 Å². The summed E-state index contributed by atoms with van der Waals surface area (Å²) < 4.78 is 10.3. The molecule has 2 heterocycles. The van der Waals surface area contributed by atoms with Gasteiger partial charge >= 0.3 is 5.97 Å². The second-order valence-corrected chi connectivity index (χ2v) is 5.90. The number of esters is 1. The maximum atomic E-state index is 12.7. The van der Waals surface area contributed by atoms with Gasteiger partial charge < -0.3 is 19.0 Å². The largest absolute Gasteiger partial charge is 0.466 e. The van der Waals surface area contributed by atoms with Crippen molar-refractivity contribution in [2.75, 3.05) is 13.2 Å². The summed E-state index contributed by atoms with van der Waals surface area (Å²) in [4.78, 5) is 29.4. The van der Waals surface area contributed by atoms with Crippen molar-refractivity contribution in [1.29, 1.82) is 0 Å². The number of H-pyrrole nitrogens is 1. The van der Waals surface area contributed by atoms with E-state index in [4.69, 9.17) is 21.4 Å². The molecule has 1 atom stereocenters. The van der Waals surface area contributed by atoms with Crippen molar-refractivity contribution in [3.05, 3.63) is 28.6 Å². The minimum absolute atomic E-state index is 0.0963. The van der Waals surface area contributed by atoms with E-state index in [9.17, 15) is 9.59 Å². The molecule has 122 valence electrons. The smallest absolute Gasteiger partial charge is 0.307 e. The number of aromatic amines is 1. The number of ether oxygens (including phenoxy) is 1. The molecule has 1 aliphatic rings. The minimum atomic E-state index is -0.260. The van der Waals surface area contributed by atoms with Gasteiger partial charge in [0, 0.05) is 18.2 Å². The molecule has 1 aromatic carbocycles. The van der Waals surface area contributed by atoms with E-state index in [2.05, 4.69) is 4.98 Å². The van der Waals surface area contributed by atoms with Gasteiger partial charge in [0.05, 0.1) is 18.5 Å². The van der Waals surface area contributed by atoms with Gasteiger partial charge in [0.15, 0.2) is 5.58 Å². The lowest BCUT2D eigenvalue weighted by Gasteiger charge is -2.24. The van der Waals surface area contributed by atoms with E-state index in [0.29, 0.717) is 24.3 Å². The number of nitrogens with one attached hydrogen (secondary N) is 1. The molecule has 0 aliphatic carbocycles. The molecule has 1 fully saturated rings. The fourth-order valence-electron chi connectivity index (χ4n) is 2.97. The van der Waals surface area contributed by atoms with Gasteiger partial charge in [-0.2, -0.15) is 0 Å². The Balaban J connectivity index is 1.79. The molecule has 6 nitrogen and oxygen atoms in total. The lowest BCUT2D eigenvalue weighted by atomic mass is 10.1. The molecule has 0 saturated carbocycles. The molecule has 1 saturated heterocycles. The second kappa shape index (κ2) is 6.54. The second-order valence-electron chi connectivity index (χ2n) is 5.53. The number of fused-ring (bicyclic) bond motifs is 1. The Kier molecular flexibility index (Phi) is 4.47. The summed E-state index contributed by atoms with van der Waals surface area (Å²) in [6.07, 6.45) is 1.95. The summed E-state index contributed by atoms with van der Waals surface area (Å²) in [5.41, 5.74) is 1.85. The number of aromatic nitrogens is 1. The van der Waals surface area contributed by atoms with Gasteiger partial charge in [-0.1, -0.05) is 0 Å². The summed E-state index contributed by atoms with van der Waals surface area (Å²) >= 11 is 4.95. The fraction of sp³-hybridized carbons (Fsp3) is 0.438. The third kappa shape index (κ3) is 3.29. The zero-order valence-corrected chi connectivity index (χ0v) is 13.6. The van der Waals surface area contributed by atoms with Crippen LogP contribution in [0.3, 0.4) is 0 Å². The lowest BCUT2D eigenvalue weighted by Crippen LogP contribution is -2.37. The van der Waals surface area contributed by atoms with Gasteiger partial charge in [0.25, 0.3) is 10.7 Å². The van der Waals surface area contributed by atoms with Gasteiger partial charge in [-0.25, -0.2) is 0 Å². The van der Waals surface area contributed by atoms with Crippen molar-refractivity contribution >= 4 is 35.2 Å². The number of nitrogens with zero attached hydrogens (tertiary/aromatic N) is 1. The molecular weight excluding hydrogens is 316 g/mol. The number of hydrogen-bond acceptors (Lipinski definition) is 5. The van der Waals surface area contributed by atoms with Crippen LogP contribution in [0.1, 0.15) is 36.5 Å². The van der Waals surface area contributed by atoms with Crippen molar-refractivity contribution < 1.29 is 18.7 Å². The first kappa shape index (κ1) is 15.7. The standard InChI is InChI=1S/C16H18N2O4S/c1-2-21-14(19)9-11-4-3-7-18(11)15(20)10-5-6-12-13(8-10)22-16(23)17-12/h5-6,8,11H,2-4,7,9H2,1H3,(H,17,23)/t11-/m0/s1. The van der Waals surface area contributed by atoms with Crippen LogP contribution in [-0.4, -0.2) is 41.0 Å². The Morgan fingerprint density at radius 1 is 1.48 bits per heavy atom. The average molecular weight is 334 g/mol. The van der Waals surface area contributed by atoms with Crippen molar-refractivity contribution in [3.8, 4) is 0 Å². The number of carbonyl (C=O) groups excluding carboxylic acids is 2. The van der Waals surface area contributed by atoms with E-state index in [1.165, 1.54) is 0 Å². The quantitative estimate of drug-likeness (QED) is 0.687. The topological polar surface area (TPSA) is 75.5 Å². The molecule has 1 aromatic heterocycles. The average Bonchev–Trinajstić information content (AvgIpc) is 3.11. The maximum absolute atomic E-state index is 12.7. The first-order valence-electron chi connectivity index (χ1n) is 7.68. The van der Waals surface area contributed by atoms with Crippen LogP contribution >= 0.6 is 12.2 Å². The van der Waals surface area contributed by atoms with E-state index in [1.807, 2.05) is 0 Å². The summed E-state index contributed by atoms with van der Waals surface area (Å²) in [7, 11) is 0. The number of likely N-dealkylation sites (tertiary alicyclic amines) is 1. The summed E-state index contributed by atoms with van der Waals surface area (Å²) in [6, 6.07) is 5.10. The molecule has 1 N–H and O–H groups in total. The molecule has 3 rings (SSSR count). The van der Waals surface area contributed by atoms with Crippen LogP contribution in [0.5, 0.6) is 0 Å². The molecule has 1 aliphatic heterocycles. The summed E-state index contributed by atoms with van der Waals surface area (Å²) in [5.74, 6) is -0.356. The SMILES string of the molecule is CCOC(=O)C[C@@H]1CCCN1C(=O)c1ccc2[nH]c(=S)oc2c1. The molecule has 7 heteroatoms. The first-order chi connectivity index (χ1) is 11.1. The Bertz CT molecular complexity index is 795. The van der Waals surface area contributed by atoms with Crippen molar-refractivity contribution in [1.82, 2.24) is 9.88 Å². The number of carbonyl (C=O) groups is 2. The van der Waals surface area contributed by atoms with Crippen LogP contribution in [0.15, 0.2) is 22.6 Å². The number of rotatable bonds is 4. The number of amides is 1. The van der Waals surface area contributed by atoms with Crippen LogP contribution in [0.2, 0.25) is 0 Å². The molecule has 0 unspecified atom stereocenters. The zero-order chi connectivity index (χ0) is 16.4. The predicted molar refractivity (Wildman–Crippen MR) is 86.7 cm³/mol. The van der Waals surface area contributed by atoms with E-state index in [-0.39, 0.29) is 29.2 Å². The highest BCUT2D eigenvalue weighted by Crippen LogP contribution is 2.24. The normalized spacial score (nSPS) is 17.6.